The van der Waals surface area contributed by atoms with Crippen LogP contribution in [0.15, 0.2) is 4.79 Å². The van der Waals surface area contributed by atoms with E-state index in [4.69, 9.17) is 0 Å². The van der Waals surface area contributed by atoms with Crippen molar-refractivity contribution in [2.24, 2.45) is 17.8 Å². The number of nitrogens with one attached hydrogen (secondary N) is 1. The fourth-order valence-electron chi connectivity index (χ4n) is 3.61. The standard InChI is InChI=1S/C18H25N3O4/c1-9-13(14(22)20-17(19-9)18(2,3)4)15(23)21-7-11(10-5-6-10)12(8-21)16(24)25/h10-12H,5-8H2,1-4H3,(H,24,25)(H,19,20,22)/t11-,12+/m1/s1. The van der Waals surface area contributed by atoms with E-state index in [0.717, 1.165) is 12.8 Å². The second-order valence-electron chi connectivity index (χ2n) is 8.28. The third kappa shape index (κ3) is 3.32. The summed E-state index contributed by atoms with van der Waals surface area (Å²) in [5, 5.41) is 9.45. The van der Waals surface area contributed by atoms with Gasteiger partial charge in [0.2, 0.25) is 0 Å². The Morgan fingerprint density at radius 1 is 1.24 bits per heavy atom. The van der Waals surface area contributed by atoms with Crippen molar-refractivity contribution in [3.8, 4) is 0 Å². The number of carbonyl (C=O) groups is 2. The number of rotatable bonds is 3. The monoisotopic (exact) mass is 347 g/mol. The van der Waals surface area contributed by atoms with Gasteiger partial charge in [0.1, 0.15) is 11.4 Å². The molecule has 0 unspecified atom stereocenters. The quantitative estimate of drug-likeness (QED) is 0.863. The molecule has 3 rings (SSSR count). The summed E-state index contributed by atoms with van der Waals surface area (Å²) in [5.74, 6) is -0.910. The summed E-state index contributed by atoms with van der Waals surface area (Å²) >= 11 is 0. The van der Waals surface area contributed by atoms with Crippen molar-refractivity contribution in [2.45, 2.75) is 46.0 Å². The van der Waals surface area contributed by atoms with Gasteiger partial charge in [-0.05, 0) is 31.6 Å². The number of H-pyrrole nitrogens is 1. The molecule has 1 saturated carbocycles. The van der Waals surface area contributed by atoms with Crippen LogP contribution in [0, 0.1) is 24.7 Å². The number of amides is 1. The molecule has 1 amide bonds. The Hall–Kier alpha value is -2.18. The highest BCUT2D eigenvalue weighted by Gasteiger charge is 2.47. The molecule has 1 aliphatic carbocycles. The summed E-state index contributed by atoms with van der Waals surface area (Å²) in [6.45, 7) is 8.02. The summed E-state index contributed by atoms with van der Waals surface area (Å²) in [6, 6.07) is 0. The van der Waals surface area contributed by atoms with Crippen LogP contribution in [0.3, 0.4) is 0 Å². The highest BCUT2D eigenvalue weighted by Crippen LogP contribution is 2.44. The molecule has 2 heterocycles. The number of aromatic nitrogens is 2. The molecule has 136 valence electrons. The minimum Gasteiger partial charge on any atom is -0.481 e. The van der Waals surface area contributed by atoms with Gasteiger partial charge in [0.05, 0.1) is 11.6 Å². The van der Waals surface area contributed by atoms with Crippen molar-refractivity contribution in [2.75, 3.05) is 13.1 Å². The summed E-state index contributed by atoms with van der Waals surface area (Å²) in [5.41, 5.74) is -0.372. The molecule has 0 radical (unpaired) electrons. The maximum atomic E-state index is 12.9. The van der Waals surface area contributed by atoms with Crippen LogP contribution < -0.4 is 5.56 Å². The van der Waals surface area contributed by atoms with Crippen LogP contribution in [-0.2, 0) is 10.2 Å². The van der Waals surface area contributed by atoms with Crippen molar-refractivity contribution in [3.05, 3.63) is 27.4 Å². The molecule has 2 aliphatic rings. The maximum Gasteiger partial charge on any atom is 0.308 e. The highest BCUT2D eigenvalue weighted by molar-refractivity contribution is 5.95. The van der Waals surface area contributed by atoms with Gasteiger partial charge in [-0.15, -0.1) is 0 Å². The van der Waals surface area contributed by atoms with E-state index in [1.807, 2.05) is 20.8 Å². The Morgan fingerprint density at radius 3 is 2.36 bits per heavy atom. The Labute approximate surface area is 146 Å². The average Bonchev–Trinajstić information content (AvgIpc) is 3.23. The smallest absolute Gasteiger partial charge is 0.308 e. The Balaban J connectivity index is 1.89. The second kappa shape index (κ2) is 5.97. The van der Waals surface area contributed by atoms with Crippen LogP contribution in [0.4, 0.5) is 0 Å². The lowest BCUT2D eigenvalue weighted by atomic mass is 9.92. The first kappa shape index (κ1) is 17.6. The van der Waals surface area contributed by atoms with Crippen molar-refractivity contribution in [1.82, 2.24) is 14.9 Å². The normalized spacial score (nSPS) is 23.8. The van der Waals surface area contributed by atoms with E-state index in [9.17, 15) is 19.5 Å². The fraction of sp³-hybridized carbons (Fsp3) is 0.667. The maximum absolute atomic E-state index is 12.9. The summed E-state index contributed by atoms with van der Waals surface area (Å²) in [7, 11) is 0. The predicted octanol–water partition coefficient (Wildman–Crippen LogP) is 1.56. The van der Waals surface area contributed by atoms with Crippen LogP contribution in [0.25, 0.3) is 0 Å². The van der Waals surface area contributed by atoms with E-state index in [1.165, 1.54) is 4.90 Å². The molecule has 0 bridgehead atoms. The van der Waals surface area contributed by atoms with Crippen molar-refractivity contribution in [1.29, 1.82) is 0 Å². The first-order chi connectivity index (χ1) is 11.6. The molecule has 1 aliphatic heterocycles. The Kier molecular flexibility index (Phi) is 4.21. The van der Waals surface area contributed by atoms with Crippen molar-refractivity contribution < 1.29 is 14.7 Å². The fourth-order valence-corrected chi connectivity index (χ4v) is 3.61. The summed E-state index contributed by atoms with van der Waals surface area (Å²) in [6.07, 6.45) is 2.05. The van der Waals surface area contributed by atoms with Crippen LogP contribution in [0.2, 0.25) is 0 Å². The summed E-state index contributed by atoms with van der Waals surface area (Å²) in [4.78, 5) is 45.5. The third-order valence-electron chi connectivity index (χ3n) is 5.22. The molecule has 1 aromatic heterocycles. The molecule has 0 aromatic carbocycles. The zero-order valence-corrected chi connectivity index (χ0v) is 15.1. The van der Waals surface area contributed by atoms with Crippen molar-refractivity contribution >= 4 is 11.9 Å². The average molecular weight is 347 g/mol. The van der Waals surface area contributed by atoms with E-state index in [-0.39, 0.29) is 23.4 Å². The number of hydrogen-bond donors (Lipinski definition) is 2. The molecule has 25 heavy (non-hydrogen) atoms. The number of carboxylic acids is 1. The lowest BCUT2D eigenvalue weighted by Crippen LogP contribution is -2.36. The minimum atomic E-state index is -0.862. The summed E-state index contributed by atoms with van der Waals surface area (Å²) < 4.78 is 0. The van der Waals surface area contributed by atoms with Crippen molar-refractivity contribution in [3.63, 3.8) is 0 Å². The third-order valence-corrected chi connectivity index (χ3v) is 5.22. The Bertz CT molecular complexity index is 774. The van der Waals surface area contributed by atoms with Gasteiger partial charge in [-0.25, -0.2) is 4.98 Å². The van der Waals surface area contributed by atoms with E-state index in [2.05, 4.69) is 9.97 Å². The molecular formula is C18H25N3O4. The van der Waals surface area contributed by atoms with E-state index >= 15 is 0 Å². The number of aryl methyl sites for hydroxylation is 1. The lowest BCUT2D eigenvalue weighted by Gasteiger charge is -2.20. The van der Waals surface area contributed by atoms with Gasteiger partial charge in [-0.2, -0.15) is 0 Å². The van der Waals surface area contributed by atoms with Gasteiger partial charge >= 0.3 is 5.97 Å². The van der Waals surface area contributed by atoms with E-state index < -0.39 is 23.4 Å². The Morgan fingerprint density at radius 2 is 1.88 bits per heavy atom. The molecule has 2 atom stereocenters. The molecule has 7 heteroatoms. The minimum absolute atomic E-state index is 0.0114. The molecule has 2 fully saturated rings. The number of aliphatic carboxylic acids is 1. The van der Waals surface area contributed by atoms with Crippen LogP contribution in [-0.4, -0.2) is 44.9 Å². The number of likely N-dealkylation sites (tertiary alicyclic amines) is 1. The number of aromatic amines is 1. The largest absolute Gasteiger partial charge is 0.481 e. The molecule has 1 aromatic rings. The van der Waals surface area contributed by atoms with Gasteiger partial charge in [0.15, 0.2) is 0 Å². The van der Waals surface area contributed by atoms with Gasteiger partial charge in [-0.1, -0.05) is 20.8 Å². The van der Waals surface area contributed by atoms with Crippen LogP contribution in [0.1, 0.15) is 55.5 Å². The van der Waals surface area contributed by atoms with Gasteiger partial charge < -0.3 is 15.0 Å². The van der Waals surface area contributed by atoms with Gasteiger partial charge in [0, 0.05) is 18.5 Å². The number of hydrogen-bond acceptors (Lipinski definition) is 4. The number of nitrogens with zero attached hydrogens (tertiary/aromatic N) is 2. The lowest BCUT2D eigenvalue weighted by molar-refractivity contribution is -0.142. The van der Waals surface area contributed by atoms with E-state index in [0.29, 0.717) is 24.0 Å². The molecule has 0 spiro atoms. The molecule has 2 N–H and O–H groups in total. The number of carbonyl (C=O) groups excluding carboxylic acids is 1. The first-order valence-corrected chi connectivity index (χ1v) is 8.73. The first-order valence-electron chi connectivity index (χ1n) is 8.73. The second-order valence-corrected chi connectivity index (χ2v) is 8.28. The zero-order valence-electron chi connectivity index (χ0n) is 15.1. The molecule has 7 nitrogen and oxygen atoms in total. The SMILES string of the molecule is Cc1nc(C(C)(C)C)[nH]c(=O)c1C(=O)N1C[C@H](C(=O)O)[C@@H](C2CC2)C1. The van der Waals surface area contributed by atoms with Gasteiger partial charge in [-0.3, -0.25) is 14.4 Å². The van der Waals surface area contributed by atoms with Gasteiger partial charge in [0.25, 0.3) is 11.5 Å². The van der Waals surface area contributed by atoms with Crippen LogP contribution >= 0.6 is 0 Å². The predicted molar refractivity (Wildman–Crippen MR) is 91.5 cm³/mol. The van der Waals surface area contributed by atoms with Crippen LogP contribution in [0.5, 0.6) is 0 Å². The topological polar surface area (TPSA) is 103 Å². The van der Waals surface area contributed by atoms with E-state index in [1.54, 1.807) is 6.92 Å². The number of carboxylic acid groups (broad SMARTS) is 1. The molecular weight excluding hydrogens is 322 g/mol. The zero-order chi connectivity index (χ0) is 18.5. The molecule has 1 saturated heterocycles. The highest BCUT2D eigenvalue weighted by atomic mass is 16.4.